The normalized spacial score (nSPS) is 27.9. The highest BCUT2D eigenvalue weighted by Crippen LogP contribution is 2.37. The highest BCUT2D eigenvalue weighted by Gasteiger charge is 2.41. The van der Waals surface area contributed by atoms with Crippen LogP contribution < -0.4 is 5.73 Å². The lowest BCUT2D eigenvalue weighted by atomic mass is 9.93. The number of halogens is 2. The van der Waals surface area contributed by atoms with Gasteiger partial charge < -0.3 is 15.4 Å². The van der Waals surface area contributed by atoms with Crippen LogP contribution in [-0.2, 0) is 14.8 Å². The predicted octanol–water partition coefficient (Wildman–Crippen LogP) is 2.38. The second-order valence-corrected chi connectivity index (χ2v) is 10.9. The van der Waals surface area contributed by atoms with Gasteiger partial charge >= 0.3 is 0 Å². The van der Waals surface area contributed by atoms with Crippen LogP contribution in [0.4, 0.5) is 8.78 Å². The van der Waals surface area contributed by atoms with E-state index in [1.807, 2.05) is 13.8 Å². The van der Waals surface area contributed by atoms with Gasteiger partial charge in [-0.15, -0.1) is 0 Å². The Bertz CT molecular complexity index is 951. The Labute approximate surface area is 176 Å². The summed E-state index contributed by atoms with van der Waals surface area (Å²) in [4.78, 5) is 2.21. The SMILES string of the molecule is CC(C)CS(=O)(=O)N1CC2=C(C1)N([C@H]1CO[C@H](c3cc(F)ccc3F)[C@@H](N)C1)CC2. The summed E-state index contributed by atoms with van der Waals surface area (Å²) in [5, 5.41) is 0. The van der Waals surface area contributed by atoms with E-state index in [4.69, 9.17) is 10.5 Å². The van der Waals surface area contributed by atoms with E-state index in [0.29, 0.717) is 26.1 Å². The van der Waals surface area contributed by atoms with Crippen molar-refractivity contribution in [3.05, 3.63) is 46.7 Å². The summed E-state index contributed by atoms with van der Waals surface area (Å²) in [6, 6.07) is 2.83. The fourth-order valence-corrected chi connectivity index (χ4v) is 6.51. The van der Waals surface area contributed by atoms with Gasteiger partial charge in [-0.2, -0.15) is 4.31 Å². The van der Waals surface area contributed by atoms with Crippen molar-refractivity contribution in [1.29, 1.82) is 0 Å². The lowest BCUT2D eigenvalue weighted by Gasteiger charge is -2.40. The summed E-state index contributed by atoms with van der Waals surface area (Å²) in [5.41, 5.74) is 8.68. The zero-order valence-electron chi connectivity index (χ0n) is 17.4. The summed E-state index contributed by atoms with van der Waals surface area (Å²) in [6.45, 7) is 5.79. The highest BCUT2D eigenvalue weighted by atomic mass is 32.2. The average Bonchev–Trinajstić information content (AvgIpc) is 3.24. The second-order valence-electron chi connectivity index (χ2n) is 8.91. The van der Waals surface area contributed by atoms with Crippen LogP contribution >= 0.6 is 0 Å². The predicted molar refractivity (Wildman–Crippen MR) is 110 cm³/mol. The molecule has 1 saturated heterocycles. The van der Waals surface area contributed by atoms with Gasteiger partial charge in [0.25, 0.3) is 0 Å². The topological polar surface area (TPSA) is 75.9 Å². The molecule has 0 aliphatic carbocycles. The van der Waals surface area contributed by atoms with Crippen LogP contribution in [0.25, 0.3) is 0 Å². The second kappa shape index (κ2) is 8.18. The first-order chi connectivity index (χ1) is 14.2. The maximum absolute atomic E-state index is 14.2. The maximum atomic E-state index is 14.2. The van der Waals surface area contributed by atoms with E-state index in [-0.39, 0.29) is 23.3 Å². The van der Waals surface area contributed by atoms with E-state index >= 15 is 0 Å². The molecule has 2 N–H and O–H groups in total. The Morgan fingerprint density at radius 1 is 1.27 bits per heavy atom. The van der Waals surface area contributed by atoms with Crippen LogP contribution in [0.2, 0.25) is 0 Å². The van der Waals surface area contributed by atoms with Gasteiger partial charge in [-0.25, -0.2) is 17.2 Å². The van der Waals surface area contributed by atoms with Crippen LogP contribution in [0.1, 0.15) is 38.4 Å². The minimum atomic E-state index is -3.29. The number of ether oxygens (including phenoxy) is 1. The molecule has 0 unspecified atom stereocenters. The van der Waals surface area contributed by atoms with Crippen LogP contribution in [0, 0.1) is 17.6 Å². The molecule has 0 aromatic heterocycles. The molecule has 0 radical (unpaired) electrons. The van der Waals surface area contributed by atoms with Crippen molar-refractivity contribution in [2.45, 2.75) is 44.9 Å². The molecular weight excluding hydrogens is 412 g/mol. The molecule has 30 heavy (non-hydrogen) atoms. The Hall–Kier alpha value is -1.55. The molecule has 3 atom stereocenters. The molecule has 0 amide bonds. The van der Waals surface area contributed by atoms with Crippen molar-refractivity contribution in [3.63, 3.8) is 0 Å². The number of nitrogens with zero attached hydrogens (tertiary/aromatic N) is 2. The van der Waals surface area contributed by atoms with Gasteiger partial charge in [-0.1, -0.05) is 13.8 Å². The van der Waals surface area contributed by atoms with Crippen LogP contribution in [-0.4, -0.2) is 61.7 Å². The standard InChI is InChI=1S/C21H29F2N3O3S/c1-13(2)12-30(27,28)25-9-14-5-6-26(20(14)10-25)16-8-19(24)21(29-11-16)17-7-15(22)3-4-18(17)23/h3-4,7,13,16,19,21H,5-6,8-12,24H2,1-2H3/t16-,19+,21-/m1/s1. The summed E-state index contributed by atoms with van der Waals surface area (Å²) in [6.07, 6.45) is 0.701. The molecule has 3 aliphatic heterocycles. The van der Waals surface area contributed by atoms with Crippen molar-refractivity contribution in [3.8, 4) is 0 Å². The first-order valence-electron chi connectivity index (χ1n) is 10.4. The minimum Gasteiger partial charge on any atom is -0.370 e. The van der Waals surface area contributed by atoms with E-state index < -0.39 is 33.8 Å². The number of hydrogen-bond acceptors (Lipinski definition) is 5. The van der Waals surface area contributed by atoms with Crippen LogP contribution in [0.3, 0.4) is 0 Å². The number of rotatable bonds is 5. The third-order valence-corrected chi connectivity index (χ3v) is 8.28. The first-order valence-corrected chi connectivity index (χ1v) is 12.0. The average molecular weight is 442 g/mol. The molecule has 1 aromatic rings. The summed E-state index contributed by atoms with van der Waals surface area (Å²) in [5.74, 6) is -0.826. The monoisotopic (exact) mass is 441 g/mol. The molecule has 166 valence electrons. The van der Waals surface area contributed by atoms with Crippen molar-refractivity contribution in [2.24, 2.45) is 11.7 Å². The zero-order chi connectivity index (χ0) is 21.6. The molecule has 1 aromatic carbocycles. The van der Waals surface area contributed by atoms with Crippen molar-refractivity contribution < 1.29 is 21.9 Å². The van der Waals surface area contributed by atoms with Gasteiger partial charge in [-0.05, 0) is 42.5 Å². The Balaban J connectivity index is 1.44. The van der Waals surface area contributed by atoms with E-state index in [9.17, 15) is 17.2 Å². The molecule has 3 heterocycles. The minimum absolute atomic E-state index is 0.00637. The molecule has 6 nitrogen and oxygen atoms in total. The lowest BCUT2D eigenvalue weighted by molar-refractivity contribution is -0.0433. The molecule has 1 fully saturated rings. The molecule has 4 rings (SSSR count). The summed E-state index contributed by atoms with van der Waals surface area (Å²) < 4.78 is 60.5. The van der Waals surface area contributed by atoms with Gasteiger partial charge in [0.2, 0.25) is 10.0 Å². The van der Waals surface area contributed by atoms with Gasteiger partial charge in [0.15, 0.2) is 0 Å². The Morgan fingerprint density at radius 2 is 2.03 bits per heavy atom. The van der Waals surface area contributed by atoms with Gasteiger partial charge in [0, 0.05) is 30.4 Å². The van der Waals surface area contributed by atoms with Crippen molar-refractivity contribution >= 4 is 10.0 Å². The van der Waals surface area contributed by atoms with Crippen molar-refractivity contribution in [1.82, 2.24) is 9.21 Å². The van der Waals surface area contributed by atoms with Gasteiger partial charge in [0.05, 0.1) is 24.9 Å². The Kier molecular flexibility index (Phi) is 5.91. The Morgan fingerprint density at radius 3 is 2.73 bits per heavy atom. The van der Waals surface area contributed by atoms with Crippen LogP contribution in [0.15, 0.2) is 29.5 Å². The smallest absolute Gasteiger partial charge is 0.215 e. The molecule has 0 spiro atoms. The fraction of sp³-hybridized carbons (Fsp3) is 0.619. The van der Waals surface area contributed by atoms with Crippen LogP contribution in [0.5, 0.6) is 0 Å². The third-order valence-electron chi connectivity index (χ3n) is 6.15. The third kappa shape index (κ3) is 4.12. The molecule has 9 heteroatoms. The lowest BCUT2D eigenvalue weighted by Crippen LogP contribution is -2.49. The maximum Gasteiger partial charge on any atom is 0.215 e. The molecular formula is C21H29F2N3O3S. The summed E-state index contributed by atoms with van der Waals surface area (Å²) >= 11 is 0. The van der Waals surface area contributed by atoms with E-state index in [0.717, 1.165) is 42.4 Å². The molecule has 3 aliphatic rings. The van der Waals surface area contributed by atoms with E-state index in [1.165, 1.54) is 0 Å². The quantitative estimate of drug-likeness (QED) is 0.759. The van der Waals surface area contributed by atoms with E-state index in [2.05, 4.69) is 4.90 Å². The van der Waals surface area contributed by atoms with Gasteiger partial charge in [0.1, 0.15) is 17.7 Å². The molecule has 0 saturated carbocycles. The van der Waals surface area contributed by atoms with Crippen molar-refractivity contribution in [2.75, 3.05) is 32.0 Å². The molecule has 0 bridgehead atoms. The number of benzene rings is 1. The number of hydrogen-bond donors (Lipinski definition) is 1. The summed E-state index contributed by atoms with van der Waals surface area (Å²) in [7, 11) is -3.29. The number of sulfonamides is 1. The first kappa shape index (κ1) is 21.7. The fourth-order valence-electron chi connectivity index (χ4n) is 4.79. The number of nitrogens with two attached hydrogens (primary N) is 1. The zero-order valence-corrected chi connectivity index (χ0v) is 18.2. The highest BCUT2D eigenvalue weighted by molar-refractivity contribution is 7.89. The van der Waals surface area contributed by atoms with Gasteiger partial charge in [-0.3, -0.25) is 0 Å². The van der Waals surface area contributed by atoms with E-state index in [1.54, 1.807) is 4.31 Å². The largest absolute Gasteiger partial charge is 0.370 e.